The molecule has 2 aliphatic rings. The van der Waals surface area contributed by atoms with Gasteiger partial charge in [0, 0.05) is 32.4 Å². The maximum Gasteiger partial charge on any atom is 0.243 e. The molecule has 0 aliphatic carbocycles. The zero-order valence-corrected chi connectivity index (χ0v) is 19.4. The Hall–Kier alpha value is -1.93. The Balaban J connectivity index is 1.78. The van der Waals surface area contributed by atoms with Crippen LogP contribution in [0.3, 0.4) is 0 Å². The van der Waals surface area contributed by atoms with Crippen molar-refractivity contribution in [2.45, 2.75) is 57.3 Å². The summed E-state index contributed by atoms with van der Waals surface area (Å²) in [6, 6.07) is 4.89. The maximum atomic E-state index is 13.3. The summed E-state index contributed by atoms with van der Waals surface area (Å²) in [5.74, 6) is 0.0452. The van der Waals surface area contributed by atoms with Crippen LogP contribution in [0.1, 0.15) is 52.5 Å². The number of likely N-dealkylation sites (N-methyl/N-ethyl adjacent to an activating group) is 1. The van der Waals surface area contributed by atoms with Crippen LogP contribution in [0.25, 0.3) is 0 Å². The largest absolute Gasteiger partial charge is 0.356 e. The standard InChI is InChI=1S/C22H33N3O4S/c1-15(2)10-11-23-20(26)16-7-6-12-25(14-16)30(28,29)17-8-9-19-18(13-17)22(3,4)21(27)24(19)5/h8-9,13,15-16H,6-7,10-12,14H2,1-5H3,(H,23,26)/t16-/m1/s1. The molecule has 1 fully saturated rings. The Morgan fingerprint density at radius 1 is 1.30 bits per heavy atom. The van der Waals surface area contributed by atoms with Gasteiger partial charge in [0.05, 0.1) is 16.2 Å². The van der Waals surface area contributed by atoms with Crippen LogP contribution in [-0.4, -0.2) is 51.2 Å². The summed E-state index contributed by atoms with van der Waals surface area (Å²) in [6.07, 6.45) is 2.24. The van der Waals surface area contributed by atoms with Gasteiger partial charge in [0.1, 0.15) is 0 Å². The first kappa shape index (κ1) is 22.7. The van der Waals surface area contributed by atoms with Gasteiger partial charge in [-0.3, -0.25) is 9.59 Å². The summed E-state index contributed by atoms with van der Waals surface area (Å²) in [7, 11) is -2.04. The predicted molar refractivity (Wildman–Crippen MR) is 117 cm³/mol. The molecule has 0 bridgehead atoms. The van der Waals surface area contributed by atoms with E-state index in [-0.39, 0.29) is 29.2 Å². The minimum absolute atomic E-state index is 0.0526. The highest BCUT2D eigenvalue weighted by Crippen LogP contribution is 2.42. The number of carbonyl (C=O) groups is 2. The number of carbonyl (C=O) groups excluding carboxylic acids is 2. The van der Waals surface area contributed by atoms with E-state index in [1.165, 1.54) is 4.31 Å². The third-order valence-corrected chi connectivity index (χ3v) is 8.12. The number of hydrogen-bond acceptors (Lipinski definition) is 4. The molecule has 0 unspecified atom stereocenters. The second-order valence-electron chi connectivity index (χ2n) is 9.34. The lowest BCUT2D eigenvalue weighted by atomic mass is 9.86. The van der Waals surface area contributed by atoms with Crippen molar-refractivity contribution >= 4 is 27.5 Å². The van der Waals surface area contributed by atoms with Crippen LogP contribution in [0.2, 0.25) is 0 Å². The van der Waals surface area contributed by atoms with Gasteiger partial charge in [-0.2, -0.15) is 4.31 Å². The van der Waals surface area contributed by atoms with Crippen molar-refractivity contribution in [2.75, 3.05) is 31.6 Å². The van der Waals surface area contributed by atoms with Gasteiger partial charge in [0.25, 0.3) is 0 Å². The first-order valence-corrected chi connectivity index (χ1v) is 12.1. The molecule has 1 aromatic carbocycles. The number of hydrogen-bond donors (Lipinski definition) is 1. The van der Waals surface area contributed by atoms with Gasteiger partial charge in [-0.15, -0.1) is 0 Å². The van der Waals surface area contributed by atoms with Crippen LogP contribution in [0, 0.1) is 11.8 Å². The van der Waals surface area contributed by atoms with Crippen molar-refractivity contribution in [3.05, 3.63) is 23.8 Å². The zero-order chi connectivity index (χ0) is 22.3. The summed E-state index contributed by atoms with van der Waals surface area (Å²) < 4.78 is 28.1. The fourth-order valence-electron chi connectivity index (χ4n) is 4.26. The summed E-state index contributed by atoms with van der Waals surface area (Å²) >= 11 is 0. The molecule has 7 nitrogen and oxygen atoms in total. The molecule has 3 rings (SSSR count). The first-order valence-electron chi connectivity index (χ1n) is 10.7. The number of nitrogens with zero attached hydrogens (tertiary/aromatic N) is 2. The summed E-state index contributed by atoms with van der Waals surface area (Å²) in [4.78, 5) is 26.8. The minimum atomic E-state index is -3.75. The van der Waals surface area contributed by atoms with Gasteiger partial charge in [-0.1, -0.05) is 13.8 Å². The fraction of sp³-hybridized carbons (Fsp3) is 0.636. The highest BCUT2D eigenvalue weighted by atomic mass is 32.2. The molecule has 1 saturated heterocycles. The molecule has 166 valence electrons. The lowest BCUT2D eigenvalue weighted by Crippen LogP contribution is -2.45. The number of benzene rings is 1. The van der Waals surface area contributed by atoms with Crippen molar-refractivity contribution in [2.24, 2.45) is 11.8 Å². The average molecular weight is 436 g/mol. The van der Waals surface area contributed by atoms with E-state index in [0.717, 1.165) is 17.7 Å². The van der Waals surface area contributed by atoms with Gasteiger partial charge >= 0.3 is 0 Å². The molecule has 1 aromatic rings. The zero-order valence-electron chi connectivity index (χ0n) is 18.6. The van der Waals surface area contributed by atoms with Crippen LogP contribution in [-0.2, 0) is 25.0 Å². The quantitative estimate of drug-likeness (QED) is 0.744. The van der Waals surface area contributed by atoms with Gasteiger partial charge in [0.2, 0.25) is 21.8 Å². The van der Waals surface area contributed by atoms with Gasteiger partial charge in [-0.25, -0.2) is 8.42 Å². The second kappa shape index (κ2) is 8.30. The van der Waals surface area contributed by atoms with E-state index in [1.807, 2.05) is 13.8 Å². The van der Waals surface area contributed by atoms with Crippen LogP contribution in [0.5, 0.6) is 0 Å². The van der Waals surface area contributed by atoms with E-state index in [9.17, 15) is 18.0 Å². The molecule has 1 N–H and O–H groups in total. The molecular formula is C22H33N3O4S. The molecule has 0 spiro atoms. The number of nitrogens with one attached hydrogen (secondary N) is 1. The second-order valence-corrected chi connectivity index (χ2v) is 11.3. The van der Waals surface area contributed by atoms with Crippen molar-refractivity contribution in [3.63, 3.8) is 0 Å². The maximum absolute atomic E-state index is 13.3. The Morgan fingerprint density at radius 3 is 2.67 bits per heavy atom. The lowest BCUT2D eigenvalue weighted by Gasteiger charge is -2.31. The molecule has 2 heterocycles. The number of piperidine rings is 1. The van der Waals surface area contributed by atoms with E-state index in [4.69, 9.17) is 0 Å². The Bertz CT molecular complexity index is 940. The summed E-state index contributed by atoms with van der Waals surface area (Å²) in [6.45, 7) is 9.03. The monoisotopic (exact) mass is 435 g/mol. The molecule has 0 aromatic heterocycles. The van der Waals surface area contributed by atoms with Gasteiger partial charge in [0.15, 0.2) is 0 Å². The van der Waals surface area contributed by atoms with Crippen LogP contribution < -0.4 is 10.2 Å². The third-order valence-electron chi connectivity index (χ3n) is 6.26. The smallest absolute Gasteiger partial charge is 0.243 e. The van der Waals surface area contributed by atoms with E-state index in [1.54, 1.807) is 30.1 Å². The highest BCUT2D eigenvalue weighted by molar-refractivity contribution is 7.89. The number of fused-ring (bicyclic) bond motifs is 1. The minimum Gasteiger partial charge on any atom is -0.356 e. The Labute approximate surface area is 179 Å². The summed E-state index contributed by atoms with van der Waals surface area (Å²) in [5.41, 5.74) is 0.692. The van der Waals surface area contributed by atoms with E-state index < -0.39 is 15.4 Å². The molecular weight excluding hydrogens is 402 g/mol. The molecule has 0 saturated carbocycles. The Morgan fingerprint density at radius 2 is 2.00 bits per heavy atom. The van der Waals surface area contributed by atoms with E-state index in [0.29, 0.717) is 31.8 Å². The third kappa shape index (κ3) is 4.12. The van der Waals surface area contributed by atoms with Crippen molar-refractivity contribution in [1.29, 1.82) is 0 Å². The number of anilines is 1. The molecule has 30 heavy (non-hydrogen) atoms. The molecule has 1 atom stereocenters. The molecule has 8 heteroatoms. The van der Waals surface area contributed by atoms with Gasteiger partial charge < -0.3 is 10.2 Å². The van der Waals surface area contributed by atoms with Crippen LogP contribution in [0.15, 0.2) is 23.1 Å². The van der Waals surface area contributed by atoms with E-state index in [2.05, 4.69) is 19.2 Å². The SMILES string of the molecule is CC(C)CCNC(=O)[C@@H]1CCCN(S(=O)(=O)c2ccc3c(c2)C(C)(C)C(=O)N3C)C1. The predicted octanol–water partition coefficient (Wildman–Crippen LogP) is 2.50. The highest BCUT2D eigenvalue weighted by Gasteiger charge is 2.43. The normalized spacial score (nSPS) is 21.7. The fourth-order valence-corrected chi connectivity index (χ4v) is 5.82. The topological polar surface area (TPSA) is 86.8 Å². The number of sulfonamides is 1. The summed E-state index contributed by atoms with van der Waals surface area (Å²) in [5, 5.41) is 2.95. The molecule has 0 radical (unpaired) electrons. The number of amides is 2. The van der Waals surface area contributed by atoms with E-state index >= 15 is 0 Å². The number of rotatable bonds is 6. The van der Waals surface area contributed by atoms with Crippen molar-refractivity contribution < 1.29 is 18.0 Å². The molecule has 2 aliphatic heterocycles. The first-order chi connectivity index (χ1) is 14.0. The average Bonchev–Trinajstić information content (AvgIpc) is 2.88. The lowest BCUT2D eigenvalue weighted by molar-refractivity contribution is -0.126. The van der Waals surface area contributed by atoms with Gasteiger partial charge in [-0.05, 0) is 62.8 Å². The molecule has 2 amide bonds. The Kier molecular flexibility index (Phi) is 6.30. The van der Waals surface area contributed by atoms with Crippen LogP contribution >= 0.6 is 0 Å². The van der Waals surface area contributed by atoms with Crippen molar-refractivity contribution in [3.8, 4) is 0 Å². The van der Waals surface area contributed by atoms with Crippen molar-refractivity contribution in [1.82, 2.24) is 9.62 Å². The van der Waals surface area contributed by atoms with Crippen LogP contribution in [0.4, 0.5) is 5.69 Å².